The molecular weight excluding hydrogens is 158 g/mol. The van der Waals surface area contributed by atoms with Crippen molar-refractivity contribution in [1.82, 2.24) is 15.5 Å². The molecular formula is C7H13N3O2. The first kappa shape index (κ1) is 9.15. The fourth-order valence-corrected chi connectivity index (χ4v) is 0.811. The minimum absolute atomic E-state index is 0.204. The number of aliphatic hydroxyl groups is 1. The smallest absolute Gasteiger partial charge is 0.240 e. The standard InChI is InChI=1S/C7H13N3O2/c1-6-9-7(12-10-6)5-8-3-2-4-11/h8,11H,2-5H2,1H3. The Morgan fingerprint density at radius 2 is 2.42 bits per heavy atom. The quantitative estimate of drug-likeness (QED) is 0.603. The molecule has 1 heterocycles. The van der Waals surface area contributed by atoms with Gasteiger partial charge in [-0.05, 0) is 19.9 Å². The molecule has 5 nitrogen and oxygen atoms in total. The van der Waals surface area contributed by atoms with Gasteiger partial charge in [-0.25, -0.2) is 0 Å². The van der Waals surface area contributed by atoms with E-state index in [9.17, 15) is 0 Å². The van der Waals surface area contributed by atoms with E-state index in [0.29, 0.717) is 18.3 Å². The summed E-state index contributed by atoms with van der Waals surface area (Å²) in [5.41, 5.74) is 0. The van der Waals surface area contributed by atoms with E-state index in [-0.39, 0.29) is 6.61 Å². The Morgan fingerprint density at radius 3 is 3.00 bits per heavy atom. The van der Waals surface area contributed by atoms with Crippen LogP contribution in [0.2, 0.25) is 0 Å². The van der Waals surface area contributed by atoms with Gasteiger partial charge in [0.15, 0.2) is 5.82 Å². The molecule has 0 bridgehead atoms. The predicted octanol–water partition coefficient (Wildman–Crippen LogP) is -0.150. The monoisotopic (exact) mass is 171 g/mol. The average molecular weight is 171 g/mol. The molecule has 0 aliphatic rings. The molecule has 5 heteroatoms. The third kappa shape index (κ3) is 2.98. The van der Waals surface area contributed by atoms with Crippen LogP contribution >= 0.6 is 0 Å². The van der Waals surface area contributed by atoms with E-state index in [2.05, 4.69) is 15.5 Å². The van der Waals surface area contributed by atoms with Crippen LogP contribution in [-0.4, -0.2) is 28.4 Å². The highest BCUT2D eigenvalue weighted by Gasteiger charge is 1.99. The maximum Gasteiger partial charge on any atom is 0.240 e. The predicted molar refractivity (Wildman–Crippen MR) is 42.4 cm³/mol. The normalized spacial score (nSPS) is 10.5. The summed E-state index contributed by atoms with van der Waals surface area (Å²) < 4.78 is 4.86. The topological polar surface area (TPSA) is 71.2 Å². The summed E-state index contributed by atoms with van der Waals surface area (Å²) in [4.78, 5) is 4.01. The van der Waals surface area contributed by atoms with E-state index in [1.807, 2.05) is 0 Å². The molecule has 0 aliphatic heterocycles. The van der Waals surface area contributed by atoms with E-state index >= 15 is 0 Å². The van der Waals surface area contributed by atoms with Gasteiger partial charge in [-0.2, -0.15) is 4.98 Å². The molecule has 0 radical (unpaired) electrons. The lowest BCUT2D eigenvalue weighted by Gasteiger charge is -1.97. The summed E-state index contributed by atoms with van der Waals surface area (Å²) in [5, 5.41) is 15.2. The molecule has 0 unspecified atom stereocenters. The van der Waals surface area contributed by atoms with Crippen molar-refractivity contribution in [2.24, 2.45) is 0 Å². The van der Waals surface area contributed by atoms with E-state index in [4.69, 9.17) is 9.63 Å². The van der Waals surface area contributed by atoms with Crippen LogP contribution in [0.1, 0.15) is 18.1 Å². The van der Waals surface area contributed by atoms with Crippen molar-refractivity contribution < 1.29 is 9.63 Å². The summed E-state index contributed by atoms with van der Waals surface area (Å²) in [6.07, 6.45) is 0.743. The lowest BCUT2D eigenvalue weighted by Crippen LogP contribution is -2.15. The van der Waals surface area contributed by atoms with Gasteiger partial charge in [0.2, 0.25) is 5.89 Å². The van der Waals surface area contributed by atoms with Crippen molar-refractivity contribution in [2.75, 3.05) is 13.2 Å². The minimum atomic E-state index is 0.204. The zero-order chi connectivity index (χ0) is 8.81. The summed E-state index contributed by atoms with van der Waals surface area (Å²) >= 11 is 0. The van der Waals surface area contributed by atoms with E-state index in [1.54, 1.807) is 6.92 Å². The van der Waals surface area contributed by atoms with Crippen LogP contribution in [0.4, 0.5) is 0 Å². The van der Waals surface area contributed by atoms with Gasteiger partial charge in [0.25, 0.3) is 0 Å². The summed E-state index contributed by atoms with van der Waals surface area (Å²) in [6.45, 7) is 3.31. The van der Waals surface area contributed by atoms with Crippen LogP contribution in [0.15, 0.2) is 4.52 Å². The van der Waals surface area contributed by atoms with Crippen molar-refractivity contribution >= 4 is 0 Å². The van der Waals surface area contributed by atoms with Gasteiger partial charge in [-0.1, -0.05) is 5.16 Å². The van der Waals surface area contributed by atoms with Crippen molar-refractivity contribution in [3.63, 3.8) is 0 Å². The zero-order valence-electron chi connectivity index (χ0n) is 7.08. The molecule has 2 N–H and O–H groups in total. The van der Waals surface area contributed by atoms with Gasteiger partial charge in [-0.15, -0.1) is 0 Å². The van der Waals surface area contributed by atoms with Crippen molar-refractivity contribution in [3.8, 4) is 0 Å². The number of nitrogens with one attached hydrogen (secondary N) is 1. The molecule has 1 aromatic heterocycles. The Labute approximate surface area is 70.8 Å². The molecule has 0 spiro atoms. The van der Waals surface area contributed by atoms with Gasteiger partial charge in [0, 0.05) is 6.61 Å². The van der Waals surface area contributed by atoms with Crippen molar-refractivity contribution in [1.29, 1.82) is 0 Å². The third-order valence-electron chi connectivity index (χ3n) is 1.36. The van der Waals surface area contributed by atoms with Gasteiger partial charge < -0.3 is 14.9 Å². The highest BCUT2D eigenvalue weighted by Crippen LogP contribution is 1.93. The number of rotatable bonds is 5. The van der Waals surface area contributed by atoms with Gasteiger partial charge in [0.1, 0.15) is 0 Å². The van der Waals surface area contributed by atoms with Crippen LogP contribution in [0, 0.1) is 6.92 Å². The van der Waals surface area contributed by atoms with Crippen molar-refractivity contribution in [3.05, 3.63) is 11.7 Å². The Balaban J connectivity index is 2.15. The lowest BCUT2D eigenvalue weighted by atomic mass is 10.4. The number of hydrogen-bond donors (Lipinski definition) is 2. The molecule has 0 atom stereocenters. The van der Waals surface area contributed by atoms with Gasteiger partial charge in [0.05, 0.1) is 6.54 Å². The number of aryl methyl sites for hydroxylation is 1. The van der Waals surface area contributed by atoms with E-state index in [0.717, 1.165) is 13.0 Å². The first-order valence-electron chi connectivity index (χ1n) is 3.93. The van der Waals surface area contributed by atoms with Crippen LogP contribution < -0.4 is 5.32 Å². The Kier molecular flexibility index (Phi) is 3.69. The minimum Gasteiger partial charge on any atom is -0.396 e. The first-order valence-corrected chi connectivity index (χ1v) is 3.93. The molecule has 0 fully saturated rings. The highest BCUT2D eigenvalue weighted by molar-refractivity contribution is 4.81. The van der Waals surface area contributed by atoms with Crippen LogP contribution in [0.3, 0.4) is 0 Å². The largest absolute Gasteiger partial charge is 0.396 e. The summed E-state index contributed by atoms with van der Waals surface area (Å²) in [7, 11) is 0. The maximum atomic E-state index is 8.48. The summed E-state index contributed by atoms with van der Waals surface area (Å²) in [5.74, 6) is 1.24. The van der Waals surface area contributed by atoms with Crippen LogP contribution in [0.25, 0.3) is 0 Å². The van der Waals surface area contributed by atoms with E-state index < -0.39 is 0 Å². The second kappa shape index (κ2) is 4.84. The Bertz CT molecular complexity index is 224. The Morgan fingerprint density at radius 1 is 1.58 bits per heavy atom. The Hall–Kier alpha value is -0.940. The van der Waals surface area contributed by atoms with Gasteiger partial charge in [-0.3, -0.25) is 0 Å². The van der Waals surface area contributed by atoms with Crippen LogP contribution in [0.5, 0.6) is 0 Å². The fraction of sp³-hybridized carbons (Fsp3) is 0.714. The molecule has 0 aromatic carbocycles. The maximum absolute atomic E-state index is 8.48. The third-order valence-corrected chi connectivity index (χ3v) is 1.36. The zero-order valence-corrected chi connectivity index (χ0v) is 7.08. The molecule has 0 amide bonds. The fourth-order valence-electron chi connectivity index (χ4n) is 0.811. The number of nitrogens with zero attached hydrogens (tertiary/aromatic N) is 2. The second-order valence-electron chi connectivity index (χ2n) is 2.49. The average Bonchev–Trinajstić information content (AvgIpc) is 2.45. The molecule has 0 saturated heterocycles. The SMILES string of the molecule is Cc1noc(CNCCCO)n1. The van der Waals surface area contributed by atoms with E-state index in [1.165, 1.54) is 0 Å². The summed E-state index contributed by atoms with van der Waals surface area (Å²) in [6, 6.07) is 0. The van der Waals surface area contributed by atoms with Crippen LogP contribution in [-0.2, 0) is 6.54 Å². The lowest BCUT2D eigenvalue weighted by molar-refractivity contribution is 0.283. The molecule has 12 heavy (non-hydrogen) atoms. The second-order valence-corrected chi connectivity index (χ2v) is 2.49. The molecule has 0 saturated carbocycles. The first-order chi connectivity index (χ1) is 5.83. The number of aliphatic hydroxyl groups excluding tert-OH is 1. The molecule has 0 aliphatic carbocycles. The molecule has 68 valence electrons. The number of aromatic nitrogens is 2. The van der Waals surface area contributed by atoms with Gasteiger partial charge >= 0.3 is 0 Å². The molecule has 1 rings (SSSR count). The van der Waals surface area contributed by atoms with Crippen molar-refractivity contribution in [2.45, 2.75) is 19.9 Å². The highest BCUT2D eigenvalue weighted by atomic mass is 16.5. The number of hydrogen-bond acceptors (Lipinski definition) is 5. The molecule has 1 aromatic rings.